The topological polar surface area (TPSA) is 85.6 Å². The number of nitrogens with one attached hydrogen (secondary N) is 1. The Morgan fingerprint density at radius 2 is 1.89 bits per heavy atom. The van der Waals surface area contributed by atoms with Gasteiger partial charge in [-0.15, -0.1) is 5.10 Å². The quantitative estimate of drug-likeness (QED) is 0.553. The van der Waals surface area contributed by atoms with E-state index in [1.165, 1.54) is 30.1 Å². The number of aryl methyl sites for hydroxylation is 1. The van der Waals surface area contributed by atoms with Crippen LogP contribution in [0, 0.1) is 10.8 Å². The molecule has 0 radical (unpaired) electrons. The minimum Gasteiger partial charge on any atom is -0.342 e. The minimum absolute atomic E-state index is 0.0871. The van der Waals surface area contributed by atoms with Crippen molar-refractivity contribution >= 4 is 28.5 Å². The summed E-state index contributed by atoms with van der Waals surface area (Å²) in [6.45, 7) is 3.15. The van der Waals surface area contributed by atoms with Crippen molar-refractivity contribution in [3.8, 4) is 5.95 Å². The second kappa shape index (κ2) is 7.81. The van der Waals surface area contributed by atoms with E-state index >= 15 is 0 Å². The third-order valence-corrected chi connectivity index (χ3v) is 4.21. The molecule has 146 valence electrons. The van der Waals surface area contributed by atoms with Gasteiger partial charge in [-0.2, -0.15) is 17.9 Å². The average Bonchev–Trinajstić information content (AvgIpc) is 3.03. The van der Waals surface area contributed by atoms with Crippen LogP contribution >= 0.6 is 22.6 Å². The maximum Gasteiger partial charge on any atom is 0.416 e. The first-order valence-electron chi connectivity index (χ1n) is 8.05. The van der Waals surface area contributed by atoms with Crippen molar-refractivity contribution in [3.05, 3.63) is 63.0 Å². The first-order valence-corrected chi connectivity index (χ1v) is 9.12. The fourth-order valence-corrected chi connectivity index (χ4v) is 3.01. The summed E-state index contributed by atoms with van der Waals surface area (Å²) in [4.78, 5) is 25.0. The second-order valence-corrected chi connectivity index (χ2v) is 6.95. The molecule has 1 N–H and O–H groups in total. The molecule has 2 heterocycles. The molecule has 3 aromatic rings. The maximum absolute atomic E-state index is 13.0. The fourth-order valence-electron chi connectivity index (χ4n) is 2.55. The fraction of sp³-hybridized carbons (Fsp3) is 0.235. The Morgan fingerprint density at radius 1 is 1.21 bits per heavy atom. The average molecular weight is 502 g/mol. The second-order valence-electron chi connectivity index (χ2n) is 5.98. The van der Waals surface area contributed by atoms with Crippen LogP contribution in [0.2, 0.25) is 0 Å². The van der Waals surface area contributed by atoms with Crippen molar-refractivity contribution in [2.75, 3.05) is 0 Å². The lowest BCUT2D eigenvalue weighted by atomic mass is 10.1. The van der Waals surface area contributed by atoms with E-state index in [1.807, 2.05) is 22.6 Å². The smallest absolute Gasteiger partial charge is 0.342 e. The number of amides is 1. The molecule has 11 heteroatoms. The highest BCUT2D eigenvalue weighted by Crippen LogP contribution is 2.30. The van der Waals surface area contributed by atoms with E-state index < -0.39 is 23.7 Å². The zero-order chi connectivity index (χ0) is 20.5. The zero-order valence-corrected chi connectivity index (χ0v) is 16.9. The minimum atomic E-state index is -4.53. The van der Waals surface area contributed by atoms with Crippen molar-refractivity contribution in [2.45, 2.75) is 26.1 Å². The number of carbonyl (C=O) groups excluding carboxylic acids is 1. The Labute approximate surface area is 171 Å². The van der Waals surface area contributed by atoms with Gasteiger partial charge >= 0.3 is 6.18 Å². The van der Waals surface area contributed by atoms with Crippen LogP contribution < -0.4 is 5.32 Å². The van der Waals surface area contributed by atoms with E-state index in [0.29, 0.717) is 15.2 Å². The van der Waals surface area contributed by atoms with Gasteiger partial charge in [0.05, 0.1) is 11.6 Å². The van der Waals surface area contributed by atoms with Crippen molar-refractivity contribution in [1.82, 2.24) is 30.0 Å². The summed E-state index contributed by atoms with van der Waals surface area (Å²) in [7, 11) is 0. The molecule has 0 unspecified atom stereocenters. The highest BCUT2D eigenvalue weighted by molar-refractivity contribution is 14.1. The molecule has 0 aliphatic heterocycles. The highest BCUT2D eigenvalue weighted by Gasteiger charge is 2.31. The van der Waals surface area contributed by atoms with Crippen LogP contribution in [0.3, 0.4) is 0 Å². The van der Waals surface area contributed by atoms with E-state index in [4.69, 9.17) is 0 Å². The van der Waals surface area contributed by atoms with Crippen LogP contribution in [0.25, 0.3) is 5.95 Å². The monoisotopic (exact) mass is 502 g/mol. The summed E-state index contributed by atoms with van der Waals surface area (Å²) in [5.41, 5.74) is -0.625. The summed E-state index contributed by atoms with van der Waals surface area (Å²) in [5.74, 6) is -0.0307. The Balaban J connectivity index is 1.88. The summed E-state index contributed by atoms with van der Waals surface area (Å²) in [6.07, 6.45) is -1.46. The van der Waals surface area contributed by atoms with Crippen LogP contribution in [0.4, 0.5) is 13.2 Å². The van der Waals surface area contributed by atoms with E-state index in [1.54, 1.807) is 13.0 Å². The molecule has 0 spiro atoms. The van der Waals surface area contributed by atoms with Crippen LogP contribution in [0.1, 0.15) is 40.3 Å². The normalized spacial score (nSPS) is 12.6. The molecule has 3 rings (SSSR count). The number of hydrogen-bond donors (Lipinski definition) is 1. The van der Waals surface area contributed by atoms with Crippen LogP contribution in [0.5, 0.6) is 0 Å². The van der Waals surface area contributed by atoms with Gasteiger partial charge in [-0.1, -0.05) is 0 Å². The van der Waals surface area contributed by atoms with Crippen molar-refractivity contribution in [1.29, 1.82) is 0 Å². The molecule has 28 heavy (non-hydrogen) atoms. The molecule has 0 aliphatic carbocycles. The summed E-state index contributed by atoms with van der Waals surface area (Å²) in [5, 5.41) is 6.86. The zero-order valence-electron chi connectivity index (χ0n) is 14.7. The first kappa shape index (κ1) is 20.2. The standard InChI is InChI=1S/C17H14F3IN6O/c1-9-6-11(8-12(7-9)17(18,19)20)14(28)24-10(2)13-25-15(21)26-27(13)16-22-4-3-5-23-16/h3-8,10H,1-2H3,(H,24,28)/t10-/m0/s1. The molecule has 0 fully saturated rings. The van der Waals surface area contributed by atoms with E-state index in [0.717, 1.165) is 12.1 Å². The lowest BCUT2D eigenvalue weighted by Gasteiger charge is -2.15. The van der Waals surface area contributed by atoms with Gasteiger partial charge < -0.3 is 5.32 Å². The number of hydrogen-bond acceptors (Lipinski definition) is 5. The van der Waals surface area contributed by atoms with Gasteiger partial charge in [0.2, 0.25) is 3.83 Å². The van der Waals surface area contributed by atoms with Gasteiger partial charge in [-0.05, 0) is 43.7 Å². The summed E-state index contributed by atoms with van der Waals surface area (Å²) < 4.78 is 40.8. The van der Waals surface area contributed by atoms with Crippen molar-refractivity contribution < 1.29 is 18.0 Å². The molecule has 2 aromatic heterocycles. The molecular formula is C17H14F3IN6O. The number of nitrogens with zero attached hydrogens (tertiary/aromatic N) is 5. The molecule has 0 bridgehead atoms. The van der Waals surface area contributed by atoms with Gasteiger partial charge in [0, 0.05) is 40.5 Å². The number of carbonyl (C=O) groups is 1. The van der Waals surface area contributed by atoms with Crippen molar-refractivity contribution in [2.24, 2.45) is 0 Å². The number of halogens is 4. The summed E-state index contributed by atoms with van der Waals surface area (Å²) >= 11 is 1.91. The van der Waals surface area contributed by atoms with Crippen LogP contribution in [-0.4, -0.2) is 30.6 Å². The molecular weight excluding hydrogens is 488 g/mol. The predicted molar refractivity (Wildman–Crippen MR) is 102 cm³/mol. The predicted octanol–water partition coefficient (Wildman–Crippen LogP) is 3.48. The Morgan fingerprint density at radius 3 is 2.54 bits per heavy atom. The number of rotatable bonds is 4. The molecule has 7 nitrogen and oxygen atoms in total. The SMILES string of the molecule is Cc1cc(C(=O)N[C@@H](C)c2nc(I)nn2-c2ncccn2)cc(C(F)(F)F)c1. The van der Waals surface area contributed by atoms with Crippen molar-refractivity contribution in [3.63, 3.8) is 0 Å². The third kappa shape index (κ3) is 4.46. The third-order valence-electron chi connectivity index (χ3n) is 3.75. The molecule has 1 amide bonds. The highest BCUT2D eigenvalue weighted by atomic mass is 127. The Bertz CT molecular complexity index is 1010. The number of aromatic nitrogens is 5. The molecule has 0 saturated carbocycles. The number of benzene rings is 1. The summed E-state index contributed by atoms with van der Waals surface area (Å²) in [6, 6.07) is 4.20. The van der Waals surface area contributed by atoms with E-state index in [-0.39, 0.29) is 11.5 Å². The largest absolute Gasteiger partial charge is 0.416 e. The molecule has 1 atom stereocenters. The van der Waals surface area contributed by atoms with Gasteiger partial charge in [0.1, 0.15) is 0 Å². The lowest BCUT2D eigenvalue weighted by Crippen LogP contribution is -2.29. The van der Waals surface area contributed by atoms with E-state index in [9.17, 15) is 18.0 Å². The molecule has 0 aliphatic rings. The van der Waals surface area contributed by atoms with Crippen LogP contribution in [0.15, 0.2) is 36.7 Å². The first-order chi connectivity index (χ1) is 13.1. The maximum atomic E-state index is 13.0. The lowest BCUT2D eigenvalue weighted by molar-refractivity contribution is -0.137. The van der Waals surface area contributed by atoms with Gasteiger partial charge in [-0.3, -0.25) is 4.79 Å². The Kier molecular flexibility index (Phi) is 5.63. The van der Waals surface area contributed by atoms with Gasteiger partial charge in [-0.25, -0.2) is 15.0 Å². The Hall–Kier alpha value is -2.57. The molecule has 1 aromatic carbocycles. The van der Waals surface area contributed by atoms with E-state index in [2.05, 4.69) is 25.4 Å². The van der Waals surface area contributed by atoms with Crippen LogP contribution in [-0.2, 0) is 6.18 Å². The molecule has 0 saturated heterocycles. The van der Waals surface area contributed by atoms with Gasteiger partial charge in [0.25, 0.3) is 11.9 Å². The number of alkyl halides is 3. The van der Waals surface area contributed by atoms with Gasteiger partial charge in [0.15, 0.2) is 5.82 Å².